The maximum atomic E-state index is 4.96. The van der Waals surface area contributed by atoms with Gasteiger partial charge in [0.05, 0.1) is 11.4 Å². The molecule has 0 fully saturated rings. The molecule has 1 aliphatic heterocycles. The first-order valence-electron chi connectivity index (χ1n) is 7.99. The quantitative estimate of drug-likeness (QED) is 0.448. The van der Waals surface area contributed by atoms with Gasteiger partial charge in [-0.05, 0) is 29.4 Å². The van der Waals surface area contributed by atoms with Gasteiger partial charge in [0, 0.05) is 16.5 Å². The molecule has 0 saturated heterocycles. The average Bonchev–Trinajstić information content (AvgIpc) is 2.95. The zero-order valence-electron chi connectivity index (χ0n) is 13.0. The van der Waals surface area contributed by atoms with E-state index in [0.29, 0.717) is 5.92 Å². The van der Waals surface area contributed by atoms with Gasteiger partial charge in [-0.15, -0.1) is 0 Å². The monoisotopic (exact) mass is 285 g/mol. The second-order valence-electron chi connectivity index (χ2n) is 6.04. The van der Waals surface area contributed by atoms with Crippen molar-refractivity contribution in [2.45, 2.75) is 26.2 Å². The van der Waals surface area contributed by atoms with E-state index in [0.717, 1.165) is 17.8 Å². The van der Waals surface area contributed by atoms with E-state index in [2.05, 4.69) is 74.5 Å². The molecule has 0 bridgehead atoms. The summed E-state index contributed by atoms with van der Waals surface area (Å²) >= 11 is 0. The zero-order chi connectivity index (χ0) is 15.1. The maximum absolute atomic E-state index is 4.96. The second kappa shape index (κ2) is 5.10. The van der Waals surface area contributed by atoms with E-state index in [1.807, 2.05) is 0 Å². The van der Waals surface area contributed by atoms with E-state index in [9.17, 15) is 0 Å². The molecule has 0 aliphatic carbocycles. The number of hydrogen-bond donors (Lipinski definition) is 0. The molecule has 3 aromatic rings. The summed E-state index contributed by atoms with van der Waals surface area (Å²) in [5.41, 5.74) is 6.17. The molecule has 0 spiro atoms. The fraction of sp³-hybridized carbons (Fsp3) is 0.190. The van der Waals surface area contributed by atoms with Crippen molar-refractivity contribution >= 4 is 22.2 Å². The van der Waals surface area contributed by atoms with Gasteiger partial charge in [-0.3, -0.25) is 0 Å². The Bertz CT molecular complexity index is 884. The minimum Gasteiger partial charge on any atom is -0.247 e. The van der Waals surface area contributed by atoms with Crippen LogP contribution in [0.5, 0.6) is 0 Å². The smallest absolute Gasteiger partial charge is 0.0791 e. The van der Waals surface area contributed by atoms with E-state index in [1.54, 1.807) is 0 Å². The van der Waals surface area contributed by atoms with Gasteiger partial charge in [0.2, 0.25) is 0 Å². The first-order chi connectivity index (χ1) is 10.8. The molecule has 0 saturated carbocycles. The predicted molar refractivity (Wildman–Crippen MR) is 94.4 cm³/mol. The molecule has 1 heterocycles. The van der Waals surface area contributed by atoms with Crippen molar-refractivity contribution in [1.82, 2.24) is 0 Å². The summed E-state index contributed by atoms with van der Waals surface area (Å²) in [4.78, 5) is 4.96. The molecule has 4 rings (SSSR count). The fourth-order valence-electron chi connectivity index (χ4n) is 3.36. The van der Waals surface area contributed by atoms with Crippen molar-refractivity contribution in [3.05, 3.63) is 77.4 Å². The van der Waals surface area contributed by atoms with E-state index in [1.165, 1.54) is 27.5 Å². The highest BCUT2D eigenvalue weighted by Crippen LogP contribution is 2.38. The Morgan fingerprint density at radius 2 is 1.59 bits per heavy atom. The molecule has 1 nitrogen and oxygen atoms in total. The van der Waals surface area contributed by atoms with Gasteiger partial charge in [-0.1, -0.05) is 68.4 Å². The Labute approximate surface area is 131 Å². The number of benzene rings is 3. The summed E-state index contributed by atoms with van der Waals surface area (Å²) in [5.74, 6) is 0.543. The Hall–Kier alpha value is -2.41. The first-order valence-corrected chi connectivity index (χ1v) is 7.99. The number of rotatable bonds is 3. The molecular weight excluding hydrogens is 266 g/mol. The van der Waals surface area contributed by atoms with Gasteiger partial charge in [0.15, 0.2) is 0 Å². The Morgan fingerprint density at radius 1 is 0.864 bits per heavy atom. The van der Waals surface area contributed by atoms with Crippen LogP contribution in [0.4, 0.5) is 5.69 Å². The predicted octanol–water partition coefficient (Wildman–Crippen LogP) is 5.84. The Kier molecular flexibility index (Phi) is 3.07. The van der Waals surface area contributed by atoms with Gasteiger partial charge in [-0.2, -0.15) is 0 Å². The van der Waals surface area contributed by atoms with Crippen LogP contribution in [-0.4, -0.2) is 5.71 Å². The highest BCUT2D eigenvalue weighted by Gasteiger charge is 2.22. The van der Waals surface area contributed by atoms with E-state index < -0.39 is 0 Å². The molecule has 0 amide bonds. The molecule has 108 valence electrons. The van der Waals surface area contributed by atoms with Crippen molar-refractivity contribution in [1.29, 1.82) is 0 Å². The lowest BCUT2D eigenvalue weighted by molar-refractivity contribution is 0.732. The van der Waals surface area contributed by atoms with Crippen LogP contribution in [0.3, 0.4) is 0 Å². The van der Waals surface area contributed by atoms with Gasteiger partial charge in [0.25, 0.3) is 0 Å². The first kappa shape index (κ1) is 13.3. The molecule has 3 aromatic carbocycles. The third kappa shape index (κ3) is 1.89. The number of nitrogens with zero attached hydrogens (tertiary/aromatic N) is 1. The largest absolute Gasteiger partial charge is 0.247 e. The summed E-state index contributed by atoms with van der Waals surface area (Å²) in [6.45, 7) is 4.54. The van der Waals surface area contributed by atoms with Crippen LogP contribution in [0.25, 0.3) is 10.8 Å². The second-order valence-corrected chi connectivity index (χ2v) is 6.04. The van der Waals surface area contributed by atoms with Crippen molar-refractivity contribution < 1.29 is 0 Å². The van der Waals surface area contributed by atoms with Crippen molar-refractivity contribution in [2.75, 3.05) is 0 Å². The summed E-state index contributed by atoms with van der Waals surface area (Å²) in [6, 6.07) is 21.6. The van der Waals surface area contributed by atoms with Crippen molar-refractivity contribution in [3.8, 4) is 0 Å². The summed E-state index contributed by atoms with van der Waals surface area (Å²) < 4.78 is 0. The van der Waals surface area contributed by atoms with Crippen LogP contribution in [0.2, 0.25) is 0 Å². The van der Waals surface area contributed by atoms with Gasteiger partial charge < -0.3 is 0 Å². The molecule has 1 atom stereocenters. The molecule has 0 radical (unpaired) electrons. The zero-order valence-corrected chi connectivity index (χ0v) is 13.0. The van der Waals surface area contributed by atoms with Crippen LogP contribution in [0, 0.1) is 0 Å². The molecule has 0 aromatic heterocycles. The minimum atomic E-state index is 0.543. The van der Waals surface area contributed by atoms with Gasteiger partial charge >= 0.3 is 0 Å². The van der Waals surface area contributed by atoms with Crippen molar-refractivity contribution in [2.24, 2.45) is 4.99 Å². The summed E-state index contributed by atoms with van der Waals surface area (Å²) in [5, 5.41) is 2.56. The van der Waals surface area contributed by atoms with Crippen LogP contribution < -0.4 is 0 Å². The molecule has 22 heavy (non-hydrogen) atoms. The Balaban J connectivity index is 1.96. The highest BCUT2D eigenvalue weighted by atomic mass is 14.8. The maximum Gasteiger partial charge on any atom is 0.0791 e. The molecule has 1 unspecified atom stereocenters. The van der Waals surface area contributed by atoms with Crippen molar-refractivity contribution in [3.63, 3.8) is 0 Å². The minimum absolute atomic E-state index is 0.543. The molecule has 1 aliphatic rings. The van der Waals surface area contributed by atoms with Crippen LogP contribution in [0.15, 0.2) is 65.7 Å². The normalized spacial score (nSPS) is 14.2. The molecule has 1 heteroatoms. The van der Waals surface area contributed by atoms with E-state index in [4.69, 9.17) is 4.99 Å². The lowest BCUT2D eigenvalue weighted by Crippen LogP contribution is -2.06. The fourth-order valence-corrected chi connectivity index (χ4v) is 3.36. The third-order valence-electron chi connectivity index (χ3n) is 4.73. The molecular formula is C21H19N. The topological polar surface area (TPSA) is 12.4 Å². The van der Waals surface area contributed by atoms with Gasteiger partial charge in [0.1, 0.15) is 0 Å². The lowest BCUT2D eigenvalue weighted by atomic mass is 9.89. The van der Waals surface area contributed by atoms with E-state index >= 15 is 0 Å². The van der Waals surface area contributed by atoms with Crippen LogP contribution in [-0.2, 0) is 0 Å². The van der Waals surface area contributed by atoms with E-state index in [-0.39, 0.29) is 0 Å². The SMILES string of the molecule is CCC(C)c1ccccc1C1=Nc2cccc3cccc1c23. The highest BCUT2D eigenvalue weighted by molar-refractivity contribution is 6.26. The van der Waals surface area contributed by atoms with Crippen LogP contribution >= 0.6 is 0 Å². The Morgan fingerprint density at radius 3 is 2.41 bits per heavy atom. The van der Waals surface area contributed by atoms with Gasteiger partial charge in [-0.25, -0.2) is 4.99 Å². The lowest BCUT2D eigenvalue weighted by Gasteiger charge is -2.15. The standard InChI is InChI=1S/C21H19N/c1-3-14(2)16-10-4-5-11-17(16)21-18-12-6-8-15-9-7-13-19(22-21)20(15)18/h4-14H,3H2,1-2H3. The molecule has 0 N–H and O–H groups in total. The third-order valence-corrected chi connectivity index (χ3v) is 4.73. The van der Waals surface area contributed by atoms with Crippen LogP contribution in [0.1, 0.15) is 42.9 Å². The average molecular weight is 285 g/mol. The summed E-state index contributed by atoms with van der Waals surface area (Å²) in [7, 11) is 0. The number of hydrogen-bond acceptors (Lipinski definition) is 1. The number of aliphatic imine (C=N–C) groups is 1. The summed E-state index contributed by atoms with van der Waals surface area (Å²) in [6.07, 6.45) is 1.14.